The van der Waals surface area contributed by atoms with Crippen LogP contribution in [0, 0.1) is 0 Å². The van der Waals surface area contributed by atoms with Crippen LogP contribution in [0.2, 0.25) is 0 Å². The molecule has 0 spiro atoms. The second-order valence-corrected chi connectivity index (χ2v) is 3.73. The molecule has 0 aliphatic rings. The van der Waals surface area contributed by atoms with Gasteiger partial charge in [0.2, 0.25) is 0 Å². The van der Waals surface area contributed by atoms with E-state index in [1.165, 1.54) is 11.3 Å². The highest BCUT2D eigenvalue weighted by molar-refractivity contribution is 7.07. The molecule has 0 radical (unpaired) electrons. The van der Waals surface area contributed by atoms with E-state index in [1.807, 2.05) is 0 Å². The Hall–Kier alpha value is -0.980. The number of nitrogens with one attached hydrogen (secondary N) is 1. The van der Waals surface area contributed by atoms with Crippen molar-refractivity contribution in [3.05, 3.63) is 16.6 Å². The van der Waals surface area contributed by atoms with Crippen molar-refractivity contribution in [1.29, 1.82) is 0 Å². The van der Waals surface area contributed by atoms with Gasteiger partial charge in [0.15, 0.2) is 0 Å². The summed E-state index contributed by atoms with van der Waals surface area (Å²) in [6, 6.07) is -0.172. The van der Waals surface area contributed by atoms with E-state index in [4.69, 9.17) is 9.84 Å². The van der Waals surface area contributed by atoms with Gasteiger partial charge in [-0.05, 0) is 6.42 Å². The molecule has 0 aliphatic carbocycles. The van der Waals surface area contributed by atoms with Gasteiger partial charge >= 0.3 is 0 Å². The predicted molar refractivity (Wildman–Crippen MR) is 56.9 cm³/mol. The van der Waals surface area contributed by atoms with Crippen molar-refractivity contribution < 1.29 is 14.6 Å². The number of aromatic nitrogens is 1. The number of carbonyl (C=O) groups excluding carboxylic acids is 1. The largest absolute Gasteiger partial charge is 0.396 e. The van der Waals surface area contributed by atoms with Gasteiger partial charge in [-0.2, -0.15) is 0 Å². The average Bonchev–Trinajstić information content (AvgIpc) is 2.71. The molecule has 15 heavy (non-hydrogen) atoms. The van der Waals surface area contributed by atoms with Crippen LogP contribution < -0.4 is 5.32 Å². The number of rotatable bonds is 6. The van der Waals surface area contributed by atoms with Gasteiger partial charge in [0.25, 0.3) is 5.91 Å². The molecule has 1 aromatic rings. The fraction of sp³-hybridized carbons (Fsp3) is 0.556. The normalized spacial score (nSPS) is 12.4. The van der Waals surface area contributed by atoms with Crippen LogP contribution in [0.1, 0.15) is 16.9 Å². The standard InChI is InChI=1S/C9H14N2O3S/c1-14-4-7(2-3-12)11-9(13)8-5-15-6-10-8/h5-7,12H,2-4H2,1H3,(H,11,13). The van der Waals surface area contributed by atoms with Crippen LogP contribution in [0.4, 0.5) is 0 Å². The van der Waals surface area contributed by atoms with Gasteiger partial charge in [0, 0.05) is 19.1 Å². The molecule has 0 bridgehead atoms. The smallest absolute Gasteiger partial charge is 0.271 e. The van der Waals surface area contributed by atoms with E-state index in [9.17, 15) is 4.79 Å². The summed E-state index contributed by atoms with van der Waals surface area (Å²) in [4.78, 5) is 15.5. The predicted octanol–water partition coefficient (Wildman–Crippen LogP) is 0.270. The van der Waals surface area contributed by atoms with Crippen molar-refractivity contribution in [2.45, 2.75) is 12.5 Å². The molecule has 0 saturated carbocycles. The molecule has 84 valence electrons. The van der Waals surface area contributed by atoms with Crippen molar-refractivity contribution >= 4 is 17.2 Å². The van der Waals surface area contributed by atoms with E-state index < -0.39 is 0 Å². The summed E-state index contributed by atoms with van der Waals surface area (Å²) in [6.07, 6.45) is 0.476. The van der Waals surface area contributed by atoms with Gasteiger partial charge < -0.3 is 15.2 Å². The number of ether oxygens (including phenoxy) is 1. The van der Waals surface area contributed by atoms with E-state index in [0.717, 1.165) is 0 Å². The molecule has 2 N–H and O–H groups in total. The zero-order valence-corrected chi connectivity index (χ0v) is 9.29. The lowest BCUT2D eigenvalue weighted by molar-refractivity contribution is 0.0874. The van der Waals surface area contributed by atoms with E-state index >= 15 is 0 Å². The molecule has 0 fully saturated rings. The summed E-state index contributed by atoms with van der Waals surface area (Å²) in [5.41, 5.74) is 2.01. The van der Waals surface area contributed by atoms with Crippen LogP contribution in [0.5, 0.6) is 0 Å². The molecule has 5 nitrogen and oxygen atoms in total. The number of hydrogen-bond acceptors (Lipinski definition) is 5. The Bertz CT molecular complexity index is 284. The fourth-order valence-corrected chi connectivity index (χ4v) is 1.67. The summed E-state index contributed by atoms with van der Waals surface area (Å²) >= 11 is 1.37. The third kappa shape index (κ3) is 3.94. The molecule has 1 atom stereocenters. The van der Waals surface area contributed by atoms with Crippen molar-refractivity contribution in [3.8, 4) is 0 Å². The molecule has 1 amide bonds. The van der Waals surface area contributed by atoms with Crippen LogP contribution in [0.15, 0.2) is 10.9 Å². The Morgan fingerprint density at radius 2 is 2.60 bits per heavy atom. The van der Waals surface area contributed by atoms with Crippen LogP contribution in [-0.4, -0.2) is 42.4 Å². The maximum Gasteiger partial charge on any atom is 0.271 e. The van der Waals surface area contributed by atoms with Crippen LogP contribution in [0.25, 0.3) is 0 Å². The minimum absolute atomic E-state index is 0.0192. The third-order valence-electron chi connectivity index (χ3n) is 1.85. The number of thiazole rings is 1. The Balaban J connectivity index is 2.47. The van der Waals surface area contributed by atoms with E-state index in [2.05, 4.69) is 10.3 Å². The zero-order valence-electron chi connectivity index (χ0n) is 8.47. The van der Waals surface area contributed by atoms with Gasteiger partial charge in [-0.1, -0.05) is 0 Å². The second kappa shape index (κ2) is 6.49. The zero-order chi connectivity index (χ0) is 11.1. The summed E-state index contributed by atoms with van der Waals surface area (Å²) in [5, 5.41) is 13.2. The molecule has 0 aromatic carbocycles. The number of methoxy groups -OCH3 is 1. The number of amides is 1. The number of nitrogens with zero attached hydrogens (tertiary/aromatic N) is 1. The lowest BCUT2D eigenvalue weighted by Gasteiger charge is -2.15. The maximum absolute atomic E-state index is 11.6. The quantitative estimate of drug-likeness (QED) is 0.736. The highest BCUT2D eigenvalue weighted by Crippen LogP contribution is 2.02. The van der Waals surface area contributed by atoms with Crippen LogP contribution in [-0.2, 0) is 4.74 Å². The minimum atomic E-state index is -0.230. The molecular formula is C9H14N2O3S. The third-order valence-corrected chi connectivity index (χ3v) is 2.43. The SMILES string of the molecule is COCC(CCO)NC(=O)c1cscn1. The maximum atomic E-state index is 11.6. The summed E-state index contributed by atoms with van der Waals surface area (Å²) < 4.78 is 4.93. The first-order chi connectivity index (χ1) is 7.27. The molecule has 1 aromatic heterocycles. The summed E-state index contributed by atoms with van der Waals surface area (Å²) in [6.45, 7) is 0.405. The number of aliphatic hydroxyl groups is 1. The van der Waals surface area contributed by atoms with E-state index in [-0.39, 0.29) is 18.6 Å². The number of hydrogen-bond donors (Lipinski definition) is 2. The number of carbonyl (C=O) groups is 1. The topological polar surface area (TPSA) is 71.5 Å². The van der Waals surface area contributed by atoms with Crippen LogP contribution >= 0.6 is 11.3 Å². The summed E-state index contributed by atoms with van der Waals surface area (Å²) in [7, 11) is 1.55. The minimum Gasteiger partial charge on any atom is -0.396 e. The van der Waals surface area contributed by atoms with Crippen LogP contribution in [0.3, 0.4) is 0 Å². The first kappa shape index (κ1) is 12.1. The van der Waals surface area contributed by atoms with Crippen molar-refractivity contribution in [1.82, 2.24) is 10.3 Å². The molecule has 6 heteroatoms. The van der Waals surface area contributed by atoms with E-state index in [1.54, 1.807) is 18.0 Å². The second-order valence-electron chi connectivity index (χ2n) is 3.01. The molecule has 1 unspecified atom stereocenters. The molecule has 1 heterocycles. The molecule has 0 saturated heterocycles. The number of aliphatic hydroxyl groups excluding tert-OH is 1. The lowest BCUT2D eigenvalue weighted by Crippen LogP contribution is -2.38. The first-order valence-electron chi connectivity index (χ1n) is 4.56. The first-order valence-corrected chi connectivity index (χ1v) is 5.51. The van der Waals surface area contributed by atoms with Crippen molar-refractivity contribution in [3.63, 3.8) is 0 Å². The van der Waals surface area contributed by atoms with Gasteiger partial charge in [0.05, 0.1) is 18.2 Å². The van der Waals surface area contributed by atoms with Gasteiger partial charge in [-0.25, -0.2) is 4.98 Å². The highest BCUT2D eigenvalue weighted by atomic mass is 32.1. The molecular weight excluding hydrogens is 216 g/mol. The van der Waals surface area contributed by atoms with Crippen molar-refractivity contribution in [2.75, 3.05) is 20.3 Å². The Morgan fingerprint density at radius 3 is 3.13 bits per heavy atom. The van der Waals surface area contributed by atoms with E-state index in [0.29, 0.717) is 18.7 Å². The van der Waals surface area contributed by atoms with Crippen molar-refractivity contribution in [2.24, 2.45) is 0 Å². The van der Waals surface area contributed by atoms with Gasteiger partial charge in [0.1, 0.15) is 5.69 Å². The Morgan fingerprint density at radius 1 is 1.80 bits per heavy atom. The molecule has 0 aliphatic heterocycles. The highest BCUT2D eigenvalue weighted by Gasteiger charge is 2.14. The lowest BCUT2D eigenvalue weighted by atomic mass is 10.2. The van der Waals surface area contributed by atoms with Gasteiger partial charge in [-0.3, -0.25) is 4.79 Å². The Labute approximate surface area is 92.1 Å². The summed E-state index contributed by atoms with van der Waals surface area (Å²) in [5.74, 6) is -0.230. The van der Waals surface area contributed by atoms with Gasteiger partial charge in [-0.15, -0.1) is 11.3 Å². The average molecular weight is 230 g/mol. The Kier molecular flexibility index (Phi) is 5.23. The monoisotopic (exact) mass is 230 g/mol. The molecule has 1 rings (SSSR count). The fourth-order valence-electron chi connectivity index (χ4n) is 1.14.